The number of aryl methyl sites for hydroxylation is 2. The molecule has 0 radical (unpaired) electrons. The molecule has 1 aromatic heterocycles. The molecule has 0 unspecified atom stereocenters. The highest BCUT2D eigenvalue weighted by Crippen LogP contribution is 2.32. The van der Waals surface area contributed by atoms with E-state index in [1.165, 1.54) is 0 Å². The van der Waals surface area contributed by atoms with Gasteiger partial charge in [0.05, 0.1) is 4.92 Å². The zero-order chi connectivity index (χ0) is 13.1. The number of nitrogens with zero attached hydrogens (tertiary/aromatic N) is 3. The monoisotopic (exact) mass is 254 g/mol. The van der Waals surface area contributed by atoms with E-state index in [1.54, 1.807) is 11.6 Å². The zero-order valence-electron chi connectivity index (χ0n) is 10.7. The molecular weight excluding hydrogens is 236 g/mol. The summed E-state index contributed by atoms with van der Waals surface area (Å²) in [7, 11) is 0. The van der Waals surface area contributed by atoms with E-state index in [2.05, 4.69) is 10.4 Å². The van der Waals surface area contributed by atoms with E-state index in [4.69, 9.17) is 4.74 Å². The summed E-state index contributed by atoms with van der Waals surface area (Å²) in [6, 6.07) is 0. The van der Waals surface area contributed by atoms with Gasteiger partial charge in [-0.2, -0.15) is 5.10 Å². The first-order chi connectivity index (χ1) is 8.63. The van der Waals surface area contributed by atoms with Gasteiger partial charge in [-0.1, -0.05) is 0 Å². The van der Waals surface area contributed by atoms with Gasteiger partial charge in [-0.15, -0.1) is 0 Å². The Morgan fingerprint density at radius 1 is 1.56 bits per heavy atom. The summed E-state index contributed by atoms with van der Waals surface area (Å²) in [5.74, 6) is 0.298. The highest BCUT2D eigenvalue weighted by Gasteiger charge is 2.29. The second kappa shape index (κ2) is 5.34. The van der Waals surface area contributed by atoms with Crippen molar-refractivity contribution in [1.29, 1.82) is 0 Å². The van der Waals surface area contributed by atoms with Gasteiger partial charge in [0.25, 0.3) is 5.88 Å². The summed E-state index contributed by atoms with van der Waals surface area (Å²) in [5, 5.41) is 18.5. The van der Waals surface area contributed by atoms with Crippen molar-refractivity contribution in [2.75, 3.05) is 13.1 Å². The van der Waals surface area contributed by atoms with Crippen molar-refractivity contribution in [3.8, 4) is 5.88 Å². The number of hydrogen-bond donors (Lipinski definition) is 1. The molecule has 1 aliphatic rings. The smallest absolute Gasteiger partial charge is 0.353 e. The van der Waals surface area contributed by atoms with E-state index >= 15 is 0 Å². The third-order valence-corrected chi connectivity index (χ3v) is 3.10. The van der Waals surface area contributed by atoms with Crippen LogP contribution in [0.3, 0.4) is 0 Å². The molecule has 1 fully saturated rings. The lowest BCUT2D eigenvalue weighted by Crippen LogP contribution is -2.34. The van der Waals surface area contributed by atoms with Crippen molar-refractivity contribution in [2.45, 2.75) is 39.3 Å². The molecule has 2 heterocycles. The SMILES string of the molecule is CCn1nc(C)c([N+](=O)[O-])c1OC1CCNCC1. The second-order valence-corrected chi connectivity index (χ2v) is 4.38. The van der Waals surface area contributed by atoms with Crippen LogP contribution in [0.25, 0.3) is 0 Å². The van der Waals surface area contributed by atoms with Crippen LogP contribution in [0.1, 0.15) is 25.5 Å². The topological polar surface area (TPSA) is 82.2 Å². The number of hydrogen-bond acceptors (Lipinski definition) is 5. The predicted molar refractivity (Wildman–Crippen MR) is 65.8 cm³/mol. The van der Waals surface area contributed by atoms with Gasteiger partial charge in [-0.3, -0.25) is 10.1 Å². The Balaban J connectivity index is 2.26. The lowest BCUT2D eigenvalue weighted by atomic mass is 10.1. The van der Waals surface area contributed by atoms with E-state index in [0.29, 0.717) is 18.1 Å². The molecule has 7 heteroatoms. The van der Waals surface area contributed by atoms with E-state index < -0.39 is 4.92 Å². The lowest BCUT2D eigenvalue weighted by molar-refractivity contribution is -0.386. The average Bonchev–Trinajstić information content (AvgIpc) is 2.67. The number of piperidine rings is 1. The molecule has 18 heavy (non-hydrogen) atoms. The molecular formula is C11H18N4O3. The van der Waals surface area contributed by atoms with E-state index in [-0.39, 0.29) is 11.8 Å². The summed E-state index contributed by atoms with van der Waals surface area (Å²) in [6.45, 7) is 5.87. The molecule has 0 saturated carbocycles. The van der Waals surface area contributed by atoms with Crippen LogP contribution in [0.15, 0.2) is 0 Å². The average molecular weight is 254 g/mol. The van der Waals surface area contributed by atoms with Gasteiger partial charge in [0.2, 0.25) is 0 Å². The number of aromatic nitrogens is 2. The summed E-state index contributed by atoms with van der Waals surface area (Å²) in [6.07, 6.45) is 1.77. The fourth-order valence-electron chi connectivity index (χ4n) is 2.16. The van der Waals surface area contributed by atoms with Crippen LogP contribution in [0, 0.1) is 17.0 Å². The molecule has 1 N–H and O–H groups in total. The Kier molecular flexibility index (Phi) is 3.81. The Morgan fingerprint density at radius 3 is 2.78 bits per heavy atom. The first kappa shape index (κ1) is 12.8. The van der Waals surface area contributed by atoms with Crippen LogP contribution in [-0.4, -0.2) is 33.9 Å². The summed E-state index contributed by atoms with van der Waals surface area (Å²) >= 11 is 0. The van der Waals surface area contributed by atoms with Crippen LogP contribution in [-0.2, 0) is 6.54 Å². The van der Waals surface area contributed by atoms with Crippen LogP contribution in [0.2, 0.25) is 0 Å². The molecule has 0 spiro atoms. The number of rotatable bonds is 4. The molecule has 2 rings (SSSR count). The highest BCUT2D eigenvalue weighted by atomic mass is 16.6. The third kappa shape index (κ3) is 2.45. The molecule has 7 nitrogen and oxygen atoms in total. The van der Waals surface area contributed by atoms with E-state index in [0.717, 1.165) is 25.9 Å². The maximum absolute atomic E-state index is 11.1. The lowest BCUT2D eigenvalue weighted by Gasteiger charge is -2.23. The number of nitro groups is 1. The molecule has 0 bridgehead atoms. The first-order valence-electron chi connectivity index (χ1n) is 6.22. The normalized spacial score (nSPS) is 16.8. The number of ether oxygens (including phenoxy) is 1. The van der Waals surface area contributed by atoms with Crippen LogP contribution < -0.4 is 10.1 Å². The molecule has 100 valence electrons. The Hall–Kier alpha value is -1.63. The third-order valence-electron chi connectivity index (χ3n) is 3.10. The zero-order valence-corrected chi connectivity index (χ0v) is 10.7. The minimum Gasteiger partial charge on any atom is -0.470 e. The molecule has 1 aromatic rings. The van der Waals surface area contributed by atoms with Gasteiger partial charge in [-0.05, 0) is 39.8 Å². The maximum Gasteiger partial charge on any atom is 0.353 e. The maximum atomic E-state index is 11.1. The van der Waals surface area contributed by atoms with Crippen molar-refractivity contribution >= 4 is 5.69 Å². The minimum absolute atomic E-state index is 0.00428. The number of nitrogens with one attached hydrogen (secondary N) is 1. The quantitative estimate of drug-likeness (QED) is 0.646. The largest absolute Gasteiger partial charge is 0.470 e. The molecule has 0 atom stereocenters. The van der Waals surface area contributed by atoms with Crippen molar-refractivity contribution in [2.24, 2.45) is 0 Å². The van der Waals surface area contributed by atoms with Gasteiger partial charge in [0, 0.05) is 6.54 Å². The van der Waals surface area contributed by atoms with E-state index in [1.807, 2.05) is 6.92 Å². The minimum atomic E-state index is -0.412. The van der Waals surface area contributed by atoms with Crippen LogP contribution >= 0.6 is 0 Å². The van der Waals surface area contributed by atoms with Gasteiger partial charge in [0.1, 0.15) is 11.8 Å². The Labute approximate surface area is 105 Å². The van der Waals surface area contributed by atoms with Gasteiger partial charge >= 0.3 is 5.69 Å². The fourth-order valence-corrected chi connectivity index (χ4v) is 2.16. The van der Waals surface area contributed by atoms with E-state index in [9.17, 15) is 10.1 Å². The van der Waals surface area contributed by atoms with Gasteiger partial charge in [-0.25, -0.2) is 4.68 Å². The van der Waals surface area contributed by atoms with Gasteiger partial charge in [0.15, 0.2) is 0 Å². The molecule has 1 aliphatic heterocycles. The first-order valence-corrected chi connectivity index (χ1v) is 6.22. The summed E-state index contributed by atoms with van der Waals surface area (Å²) in [5.41, 5.74) is 0.404. The van der Waals surface area contributed by atoms with Crippen molar-refractivity contribution in [3.05, 3.63) is 15.8 Å². The summed E-state index contributed by atoms with van der Waals surface area (Å²) < 4.78 is 7.37. The summed E-state index contributed by atoms with van der Waals surface area (Å²) in [4.78, 5) is 10.7. The standard InChI is InChI=1S/C11H18N4O3/c1-3-14-11(10(15(16)17)8(2)13-14)18-9-4-6-12-7-5-9/h9,12H,3-7H2,1-2H3. The molecule has 0 aromatic carbocycles. The van der Waals surface area contributed by atoms with Crippen molar-refractivity contribution in [3.63, 3.8) is 0 Å². The van der Waals surface area contributed by atoms with Crippen LogP contribution in [0.4, 0.5) is 5.69 Å². The van der Waals surface area contributed by atoms with Crippen molar-refractivity contribution < 1.29 is 9.66 Å². The Morgan fingerprint density at radius 2 is 2.22 bits per heavy atom. The Bertz CT molecular complexity index is 438. The molecule has 1 saturated heterocycles. The van der Waals surface area contributed by atoms with Crippen molar-refractivity contribution in [1.82, 2.24) is 15.1 Å². The second-order valence-electron chi connectivity index (χ2n) is 4.38. The molecule has 0 aliphatic carbocycles. The van der Waals surface area contributed by atoms with Crippen LogP contribution in [0.5, 0.6) is 5.88 Å². The van der Waals surface area contributed by atoms with Gasteiger partial charge < -0.3 is 10.1 Å². The highest BCUT2D eigenvalue weighted by molar-refractivity contribution is 5.45. The fraction of sp³-hybridized carbons (Fsp3) is 0.727. The molecule has 0 amide bonds. The predicted octanol–water partition coefficient (Wildman–Crippen LogP) is 1.25.